The van der Waals surface area contributed by atoms with Crippen LogP contribution in [-0.2, 0) is 6.42 Å². The number of hydrogen-bond donors (Lipinski definition) is 0. The molecular weight excluding hydrogens is 498 g/mol. The van der Waals surface area contributed by atoms with Gasteiger partial charge in [-0.15, -0.1) is 0 Å². The Morgan fingerprint density at radius 3 is 2.17 bits per heavy atom. The summed E-state index contributed by atoms with van der Waals surface area (Å²) in [5, 5.41) is 6.73. The first-order valence-electron chi connectivity index (χ1n) is 13.9. The van der Waals surface area contributed by atoms with Gasteiger partial charge in [0.2, 0.25) is 0 Å². The fourth-order valence-corrected chi connectivity index (χ4v) is 6.62. The van der Waals surface area contributed by atoms with Gasteiger partial charge in [0.25, 0.3) is 17.7 Å². The molecule has 3 amide bonds. The lowest BCUT2D eigenvalue weighted by atomic mass is 9.83. The summed E-state index contributed by atoms with van der Waals surface area (Å²) in [6.45, 7) is 9.19. The number of aliphatic imine (C=N–C) groups is 1. The number of amidine groups is 1. The van der Waals surface area contributed by atoms with Gasteiger partial charge in [-0.05, 0) is 85.8 Å². The van der Waals surface area contributed by atoms with E-state index in [-0.39, 0.29) is 23.1 Å². The van der Waals surface area contributed by atoms with Gasteiger partial charge < -0.3 is 0 Å². The maximum absolute atomic E-state index is 14.0. The molecular formula is C34H31N3O3. The minimum atomic E-state index is -0.282. The zero-order chi connectivity index (χ0) is 28.2. The molecule has 200 valence electrons. The molecule has 2 heterocycles. The van der Waals surface area contributed by atoms with Gasteiger partial charge >= 0.3 is 0 Å². The van der Waals surface area contributed by atoms with E-state index in [0.717, 1.165) is 72.1 Å². The Morgan fingerprint density at radius 2 is 1.50 bits per heavy atom. The lowest BCUT2D eigenvalue weighted by molar-refractivity contribution is 0.0650. The van der Waals surface area contributed by atoms with Crippen LogP contribution in [-0.4, -0.2) is 54.0 Å². The van der Waals surface area contributed by atoms with E-state index < -0.39 is 0 Å². The second-order valence-corrected chi connectivity index (χ2v) is 12.2. The van der Waals surface area contributed by atoms with Crippen LogP contribution in [0.25, 0.3) is 38.4 Å². The summed E-state index contributed by atoms with van der Waals surface area (Å²) in [6, 6.07) is 9.80. The van der Waals surface area contributed by atoms with Gasteiger partial charge in [0.05, 0.1) is 0 Å². The summed E-state index contributed by atoms with van der Waals surface area (Å²) in [6.07, 6.45) is 5.84. The summed E-state index contributed by atoms with van der Waals surface area (Å²) in [7, 11) is 3.36. The van der Waals surface area contributed by atoms with Gasteiger partial charge in [0.1, 0.15) is 5.84 Å². The predicted molar refractivity (Wildman–Crippen MR) is 160 cm³/mol. The van der Waals surface area contributed by atoms with Gasteiger partial charge in [-0.2, -0.15) is 0 Å². The van der Waals surface area contributed by atoms with Crippen molar-refractivity contribution >= 4 is 62.0 Å². The minimum Gasteiger partial charge on any atom is -0.296 e. The molecule has 0 spiro atoms. The van der Waals surface area contributed by atoms with E-state index in [1.165, 1.54) is 11.9 Å². The monoisotopic (exact) mass is 529 g/mol. The van der Waals surface area contributed by atoms with Crippen LogP contribution in [0.3, 0.4) is 0 Å². The highest BCUT2D eigenvalue weighted by Gasteiger charge is 2.35. The summed E-state index contributed by atoms with van der Waals surface area (Å²) in [4.78, 5) is 48.2. The topological polar surface area (TPSA) is 70.1 Å². The third-order valence-electron chi connectivity index (χ3n) is 9.26. The summed E-state index contributed by atoms with van der Waals surface area (Å²) in [5.41, 5.74) is 4.81. The highest BCUT2D eigenvalue weighted by molar-refractivity contribution is 6.34. The van der Waals surface area contributed by atoms with Crippen molar-refractivity contribution in [3.05, 3.63) is 75.0 Å². The number of carbonyl (C=O) groups excluding carboxylic acids is 3. The average molecular weight is 530 g/mol. The molecule has 2 aliphatic heterocycles. The quantitative estimate of drug-likeness (QED) is 0.198. The molecule has 6 nitrogen and oxygen atoms in total. The van der Waals surface area contributed by atoms with E-state index in [1.807, 2.05) is 38.2 Å². The van der Waals surface area contributed by atoms with E-state index in [2.05, 4.69) is 39.0 Å². The smallest absolute Gasteiger partial charge is 0.261 e. The Morgan fingerprint density at radius 1 is 0.825 bits per heavy atom. The number of imide groups is 1. The highest BCUT2D eigenvalue weighted by atomic mass is 16.2. The molecule has 40 heavy (non-hydrogen) atoms. The first-order valence-corrected chi connectivity index (χ1v) is 13.9. The van der Waals surface area contributed by atoms with Gasteiger partial charge in [-0.25, -0.2) is 0 Å². The summed E-state index contributed by atoms with van der Waals surface area (Å²) in [5.74, 6) is 0.119. The number of rotatable bonds is 3. The van der Waals surface area contributed by atoms with Crippen LogP contribution >= 0.6 is 0 Å². The molecule has 0 radical (unpaired) electrons. The lowest BCUT2D eigenvalue weighted by Crippen LogP contribution is -2.37. The van der Waals surface area contributed by atoms with Crippen molar-refractivity contribution in [2.75, 3.05) is 20.6 Å². The molecule has 1 aliphatic carbocycles. The van der Waals surface area contributed by atoms with Crippen molar-refractivity contribution in [2.45, 2.75) is 40.5 Å². The van der Waals surface area contributed by atoms with Crippen LogP contribution in [0.4, 0.5) is 0 Å². The van der Waals surface area contributed by atoms with Crippen LogP contribution in [0.2, 0.25) is 0 Å². The standard InChI is InChI=1S/C34H31N3O3/c1-7-34(3,4)16-35-30-18-8-9-19-20-10-12-22-29-23(32(39)37(6)31(22)38)13-11-21(28(20)29)24-14-17(2)26(33(40)36(30)5)25(15-18)27(19)24/h8-14H,7,15-16H2,1-6H3. The van der Waals surface area contributed by atoms with Crippen molar-refractivity contribution < 1.29 is 14.4 Å². The van der Waals surface area contributed by atoms with Crippen LogP contribution < -0.4 is 5.22 Å². The maximum Gasteiger partial charge on any atom is 0.261 e. The summed E-state index contributed by atoms with van der Waals surface area (Å²) >= 11 is 0. The first-order chi connectivity index (χ1) is 19.0. The van der Waals surface area contributed by atoms with Crippen molar-refractivity contribution in [1.29, 1.82) is 0 Å². The number of fused-ring (bicyclic) bond motifs is 3. The van der Waals surface area contributed by atoms with E-state index in [4.69, 9.17) is 4.99 Å². The lowest BCUT2D eigenvalue weighted by Gasteiger charge is -2.26. The van der Waals surface area contributed by atoms with Gasteiger partial charge in [-0.1, -0.05) is 45.1 Å². The fourth-order valence-electron chi connectivity index (χ4n) is 6.62. The largest absolute Gasteiger partial charge is 0.296 e. The van der Waals surface area contributed by atoms with Gasteiger partial charge in [0.15, 0.2) is 0 Å². The maximum atomic E-state index is 14.0. The molecule has 0 N–H and O–H groups in total. The van der Waals surface area contributed by atoms with Crippen molar-refractivity contribution in [3.63, 3.8) is 0 Å². The second-order valence-electron chi connectivity index (χ2n) is 12.2. The van der Waals surface area contributed by atoms with Crippen LogP contribution in [0.15, 0.2) is 47.0 Å². The van der Waals surface area contributed by atoms with Crippen molar-refractivity contribution in [1.82, 2.24) is 9.80 Å². The molecule has 6 heteroatoms. The van der Waals surface area contributed by atoms with E-state index >= 15 is 0 Å². The number of aryl methyl sites for hydroxylation is 1. The van der Waals surface area contributed by atoms with Crippen LogP contribution in [0.5, 0.6) is 0 Å². The van der Waals surface area contributed by atoms with Crippen LogP contribution in [0, 0.1) is 12.3 Å². The fraction of sp³-hybridized carbons (Fsp3) is 0.294. The predicted octanol–water partition coefficient (Wildman–Crippen LogP) is 5.58. The van der Waals surface area contributed by atoms with E-state index in [0.29, 0.717) is 24.1 Å². The van der Waals surface area contributed by atoms with Crippen LogP contribution in [0.1, 0.15) is 69.4 Å². The van der Waals surface area contributed by atoms with Gasteiger partial charge in [0, 0.05) is 49.1 Å². The van der Waals surface area contributed by atoms with Crippen molar-refractivity contribution in [2.24, 2.45) is 10.4 Å². The molecule has 2 bridgehead atoms. The number of hydrogen-bond acceptors (Lipinski definition) is 4. The van der Waals surface area contributed by atoms with E-state index in [1.54, 1.807) is 4.90 Å². The number of amides is 3. The third-order valence-corrected chi connectivity index (χ3v) is 9.26. The Balaban J connectivity index is 1.63. The SMILES string of the molecule is CCC(C)(C)CN=C1C2=CC=c3c4ccc5c6c(ccc(c7cc(C)c(c(c37)C2)C(=O)N1C)c64)C(=O)N(C)C5=O. The number of benzene rings is 4. The Hall–Kier alpha value is -4.32. The Bertz CT molecular complexity index is 1990. The molecule has 0 atom stereocenters. The number of likely N-dealkylation sites (N-methyl/N-ethyl adjacent to an activating group) is 1. The Labute approximate surface area is 232 Å². The van der Waals surface area contributed by atoms with E-state index in [9.17, 15) is 14.4 Å². The third kappa shape index (κ3) is 3.10. The number of nitrogens with zero attached hydrogens (tertiary/aromatic N) is 3. The molecule has 4 aromatic carbocycles. The molecule has 0 aromatic heterocycles. The molecule has 3 aliphatic rings. The van der Waals surface area contributed by atoms with Gasteiger partial charge in [-0.3, -0.25) is 29.2 Å². The number of allylic oxidation sites excluding steroid dienone is 1. The summed E-state index contributed by atoms with van der Waals surface area (Å²) < 4.78 is 0. The normalized spacial score (nSPS) is 17.8. The second kappa shape index (κ2) is 8.10. The minimum absolute atomic E-state index is 0.0279. The highest BCUT2D eigenvalue weighted by Crippen LogP contribution is 2.41. The Kier molecular flexibility index (Phi) is 5.00. The number of carbonyl (C=O) groups is 3. The average Bonchev–Trinajstić information content (AvgIpc) is 3.19. The first kappa shape index (κ1) is 24.7. The van der Waals surface area contributed by atoms with Crippen molar-refractivity contribution in [3.8, 4) is 0 Å². The molecule has 0 saturated heterocycles. The molecule has 0 fully saturated rings. The zero-order valence-electron chi connectivity index (χ0n) is 23.7. The molecule has 0 saturated carbocycles. The zero-order valence-corrected chi connectivity index (χ0v) is 23.7. The molecule has 7 rings (SSSR count). The molecule has 4 aromatic rings. The molecule has 0 unspecified atom stereocenters.